The van der Waals surface area contributed by atoms with Crippen LogP contribution in [0.2, 0.25) is 0 Å². The molecular weight excluding hydrogens is 256 g/mol. The summed E-state index contributed by atoms with van der Waals surface area (Å²) < 4.78 is 22.8. The van der Waals surface area contributed by atoms with E-state index in [-0.39, 0.29) is 18.2 Å². The fraction of sp³-hybridized carbons (Fsp3) is 0.750. The Kier molecular flexibility index (Phi) is 4.55. The second-order valence-corrected chi connectivity index (χ2v) is 6.19. The maximum atomic E-state index is 11.4. The number of hydrogen-bond donors (Lipinski definition) is 2. The highest BCUT2D eigenvalue weighted by molar-refractivity contribution is 7.92. The second-order valence-electron chi connectivity index (χ2n) is 3.52. The van der Waals surface area contributed by atoms with Gasteiger partial charge in [0.25, 0.3) is 0 Å². The van der Waals surface area contributed by atoms with Crippen LogP contribution in [0.15, 0.2) is 0 Å². The molecule has 0 aromatic heterocycles. The van der Waals surface area contributed by atoms with Crippen LogP contribution in [0, 0.1) is 0 Å². The summed E-state index contributed by atoms with van der Waals surface area (Å²) >= 11 is 5.18. The van der Waals surface area contributed by atoms with E-state index in [0.717, 1.165) is 0 Å². The topological polar surface area (TPSA) is 92.3 Å². The van der Waals surface area contributed by atoms with Gasteiger partial charge in [-0.05, 0) is 12.8 Å². The molecule has 1 unspecified atom stereocenters. The molecule has 0 spiro atoms. The van der Waals surface area contributed by atoms with Crippen molar-refractivity contribution in [3.8, 4) is 0 Å². The number of imide groups is 1. The van der Waals surface area contributed by atoms with Gasteiger partial charge in [0.1, 0.15) is 5.88 Å². The van der Waals surface area contributed by atoms with Gasteiger partial charge in [-0.25, -0.2) is 13.2 Å². The van der Waals surface area contributed by atoms with Gasteiger partial charge in [-0.1, -0.05) is 0 Å². The Hall–Kier alpha value is -0.820. The van der Waals surface area contributed by atoms with Crippen molar-refractivity contribution in [3.63, 3.8) is 0 Å². The highest BCUT2D eigenvalue weighted by Gasteiger charge is 2.31. The molecule has 1 saturated heterocycles. The molecule has 8 heteroatoms. The number of halogens is 1. The number of amides is 3. The minimum Gasteiger partial charge on any atom is -0.336 e. The molecule has 16 heavy (non-hydrogen) atoms. The summed E-state index contributed by atoms with van der Waals surface area (Å²) in [4.78, 5) is 21.8. The standard InChI is InChI=1S/C8H13ClN2O4S/c9-4-7(12)11-8(13)10-5-6-2-1-3-16(6,14)15/h6H,1-5H2,(H2,10,11,12,13). The summed E-state index contributed by atoms with van der Waals surface area (Å²) in [5.74, 6) is -0.759. The molecular formula is C8H13ClN2O4S. The molecule has 0 bridgehead atoms. The minimum atomic E-state index is -3.07. The Balaban J connectivity index is 2.35. The van der Waals surface area contributed by atoms with Crippen molar-refractivity contribution in [3.05, 3.63) is 0 Å². The lowest BCUT2D eigenvalue weighted by atomic mass is 10.2. The predicted octanol–water partition coefficient (Wildman–Crippen LogP) is -0.372. The number of sulfone groups is 1. The third-order valence-electron chi connectivity index (χ3n) is 2.33. The molecule has 1 fully saturated rings. The quantitative estimate of drug-likeness (QED) is 0.683. The highest BCUT2D eigenvalue weighted by atomic mass is 35.5. The molecule has 6 nitrogen and oxygen atoms in total. The number of alkyl halides is 1. The van der Waals surface area contributed by atoms with E-state index in [2.05, 4.69) is 5.32 Å². The van der Waals surface area contributed by atoms with Gasteiger partial charge in [-0.15, -0.1) is 11.6 Å². The first-order valence-corrected chi connectivity index (χ1v) is 7.06. The van der Waals surface area contributed by atoms with E-state index < -0.39 is 27.0 Å². The molecule has 0 radical (unpaired) electrons. The van der Waals surface area contributed by atoms with Gasteiger partial charge in [0.15, 0.2) is 9.84 Å². The Morgan fingerprint density at radius 2 is 2.06 bits per heavy atom. The second kappa shape index (κ2) is 5.49. The molecule has 1 rings (SSSR count). The van der Waals surface area contributed by atoms with Gasteiger partial charge in [-0.2, -0.15) is 0 Å². The summed E-state index contributed by atoms with van der Waals surface area (Å²) in [5.41, 5.74) is 0. The van der Waals surface area contributed by atoms with Crippen molar-refractivity contribution in [1.29, 1.82) is 0 Å². The number of hydrogen-bond acceptors (Lipinski definition) is 4. The number of carbonyl (C=O) groups excluding carboxylic acids is 2. The fourth-order valence-electron chi connectivity index (χ4n) is 1.50. The number of carbonyl (C=O) groups is 2. The largest absolute Gasteiger partial charge is 0.336 e. The Labute approximate surface area is 98.6 Å². The molecule has 2 N–H and O–H groups in total. The number of urea groups is 1. The van der Waals surface area contributed by atoms with Crippen LogP contribution >= 0.6 is 11.6 Å². The van der Waals surface area contributed by atoms with Gasteiger partial charge < -0.3 is 5.32 Å². The lowest BCUT2D eigenvalue weighted by molar-refractivity contribution is -0.117. The summed E-state index contributed by atoms with van der Waals surface area (Å²) in [6.07, 6.45) is 1.17. The minimum absolute atomic E-state index is 0.0315. The number of nitrogens with one attached hydrogen (secondary N) is 2. The fourth-order valence-corrected chi connectivity index (χ4v) is 3.33. The third kappa shape index (κ3) is 3.64. The van der Waals surface area contributed by atoms with Gasteiger partial charge in [0.05, 0.1) is 11.0 Å². The van der Waals surface area contributed by atoms with Crippen LogP contribution in [0.25, 0.3) is 0 Å². The summed E-state index contributed by atoms with van der Waals surface area (Å²) in [6, 6.07) is -0.715. The summed E-state index contributed by atoms with van der Waals surface area (Å²) in [6.45, 7) is 0.0315. The Morgan fingerprint density at radius 3 is 2.56 bits per heavy atom. The SMILES string of the molecule is O=C(CCl)NC(=O)NCC1CCCS1(=O)=O. The van der Waals surface area contributed by atoms with Crippen molar-refractivity contribution < 1.29 is 18.0 Å². The van der Waals surface area contributed by atoms with Crippen LogP contribution in [0.1, 0.15) is 12.8 Å². The lowest BCUT2D eigenvalue weighted by Crippen LogP contribution is -2.43. The zero-order valence-electron chi connectivity index (χ0n) is 8.53. The van der Waals surface area contributed by atoms with E-state index in [0.29, 0.717) is 12.8 Å². The Morgan fingerprint density at radius 1 is 1.38 bits per heavy atom. The zero-order valence-corrected chi connectivity index (χ0v) is 10.1. The molecule has 1 aliphatic heterocycles. The van der Waals surface area contributed by atoms with E-state index in [4.69, 9.17) is 11.6 Å². The number of rotatable bonds is 3. The first-order valence-electron chi connectivity index (χ1n) is 4.81. The molecule has 0 aliphatic carbocycles. The van der Waals surface area contributed by atoms with Crippen molar-refractivity contribution in [1.82, 2.24) is 10.6 Å². The molecule has 1 atom stereocenters. The molecule has 0 saturated carbocycles. The van der Waals surface area contributed by atoms with E-state index in [9.17, 15) is 18.0 Å². The van der Waals surface area contributed by atoms with Crippen molar-refractivity contribution >= 4 is 33.4 Å². The average Bonchev–Trinajstić information content (AvgIpc) is 2.54. The van der Waals surface area contributed by atoms with Crippen LogP contribution in [-0.2, 0) is 14.6 Å². The van der Waals surface area contributed by atoms with Crippen LogP contribution in [0.3, 0.4) is 0 Å². The van der Waals surface area contributed by atoms with Gasteiger partial charge in [0, 0.05) is 6.54 Å². The maximum absolute atomic E-state index is 11.4. The first kappa shape index (κ1) is 13.2. The van der Waals surface area contributed by atoms with Gasteiger partial charge >= 0.3 is 6.03 Å². The lowest BCUT2D eigenvalue weighted by Gasteiger charge is -2.10. The molecule has 92 valence electrons. The summed E-state index contributed by atoms with van der Waals surface area (Å²) in [7, 11) is -3.07. The van der Waals surface area contributed by atoms with E-state index in [1.54, 1.807) is 0 Å². The maximum Gasteiger partial charge on any atom is 0.321 e. The molecule has 3 amide bonds. The zero-order chi connectivity index (χ0) is 12.2. The normalized spacial score (nSPS) is 22.7. The average molecular weight is 269 g/mol. The van der Waals surface area contributed by atoms with E-state index in [1.807, 2.05) is 5.32 Å². The summed E-state index contributed by atoms with van der Waals surface area (Å²) in [5, 5.41) is 3.76. The first-order chi connectivity index (χ1) is 7.45. The van der Waals surface area contributed by atoms with Crippen molar-refractivity contribution in [2.45, 2.75) is 18.1 Å². The van der Waals surface area contributed by atoms with Crippen molar-refractivity contribution in [2.75, 3.05) is 18.2 Å². The highest BCUT2D eigenvalue weighted by Crippen LogP contribution is 2.18. The smallest absolute Gasteiger partial charge is 0.321 e. The van der Waals surface area contributed by atoms with Crippen molar-refractivity contribution in [2.24, 2.45) is 0 Å². The molecule has 0 aromatic carbocycles. The van der Waals surface area contributed by atoms with Crippen LogP contribution in [0.5, 0.6) is 0 Å². The van der Waals surface area contributed by atoms with Crippen LogP contribution in [0.4, 0.5) is 4.79 Å². The molecule has 1 aliphatic rings. The van der Waals surface area contributed by atoms with E-state index >= 15 is 0 Å². The third-order valence-corrected chi connectivity index (χ3v) is 4.85. The monoisotopic (exact) mass is 268 g/mol. The van der Waals surface area contributed by atoms with Crippen LogP contribution < -0.4 is 10.6 Å². The van der Waals surface area contributed by atoms with Crippen LogP contribution in [-0.4, -0.2) is 43.8 Å². The molecule has 0 aromatic rings. The molecule has 1 heterocycles. The Bertz CT molecular complexity index is 381. The predicted molar refractivity (Wildman–Crippen MR) is 59.1 cm³/mol. The van der Waals surface area contributed by atoms with Gasteiger partial charge in [-0.3, -0.25) is 10.1 Å². The van der Waals surface area contributed by atoms with E-state index in [1.165, 1.54) is 0 Å². The van der Waals surface area contributed by atoms with Gasteiger partial charge in [0.2, 0.25) is 5.91 Å².